The van der Waals surface area contributed by atoms with E-state index >= 15 is 0 Å². The molecule has 7 rings (SSSR count). The topological polar surface area (TPSA) is 74.6 Å². The molecule has 224 valence electrons. The summed E-state index contributed by atoms with van der Waals surface area (Å²) < 4.78 is 45.0. The number of amides is 2. The van der Waals surface area contributed by atoms with Gasteiger partial charge in [0, 0.05) is 56.4 Å². The highest BCUT2D eigenvalue weighted by atomic mass is 19.4. The van der Waals surface area contributed by atoms with E-state index in [-0.39, 0.29) is 34.4 Å². The summed E-state index contributed by atoms with van der Waals surface area (Å²) in [4.78, 5) is 30.8. The average molecular weight is 591 g/mol. The number of likely N-dealkylation sites (tertiary alicyclic amines) is 2. The Morgan fingerprint density at radius 2 is 1.88 bits per heavy atom. The van der Waals surface area contributed by atoms with E-state index in [0.29, 0.717) is 49.9 Å². The summed E-state index contributed by atoms with van der Waals surface area (Å²) in [5.41, 5.74) is 1.04. The van der Waals surface area contributed by atoms with Crippen LogP contribution in [0.3, 0.4) is 0 Å². The molecule has 0 bridgehead atoms. The van der Waals surface area contributed by atoms with Crippen LogP contribution in [0.1, 0.15) is 58.2 Å². The predicted octanol–water partition coefficient (Wildman–Crippen LogP) is 4.54. The molecule has 1 aromatic heterocycles. The minimum Gasteiger partial charge on any atom is -0.338 e. The van der Waals surface area contributed by atoms with Gasteiger partial charge in [-0.25, -0.2) is 0 Å². The van der Waals surface area contributed by atoms with E-state index in [4.69, 9.17) is 0 Å². The number of nitrogens with zero attached hydrogens (tertiary/aromatic N) is 6. The van der Waals surface area contributed by atoms with Crippen LogP contribution in [0.5, 0.6) is 0 Å². The van der Waals surface area contributed by atoms with Crippen molar-refractivity contribution in [2.24, 2.45) is 18.4 Å². The number of anilines is 1. The summed E-state index contributed by atoms with van der Waals surface area (Å²) in [7, 11) is 1.91. The van der Waals surface area contributed by atoms with Crippen molar-refractivity contribution in [3.63, 3.8) is 0 Å². The lowest BCUT2D eigenvalue weighted by molar-refractivity contribution is -0.154. The van der Waals surface area contributed by atoms with Gasteiger partial charge in [-0.3, -0.25) is 14.5 Å². The molecule has 43 heavy (non-hydrogen) atoms. The number of aryl methyl sites for hydroxylation is 1. The molecule has 1 saturated carbocycles. The third-order valence-corrected chi connectivity index (χ3v) is 9.71. The predicted molar refractivity (Wildman–Crippen MR) is 153 cm³/mol. The van der Waals surface area contributed by atoms with Crippen molar-refractivity contribution in [3.8, 4) is 0 Å². The summed E-state index contributed by atoms with van der Waals surface area (Å²) in [5.74, 6) is 0.812. The molecule has 11 heteroatoms. The fourth-order valence-corrected chi connectivity index (χ4v) is 7.91. The maximum atomic E-state index is 14.4. The highest BCUT2D eigenvalue weighted by Gasteiger charge is 2.53. The zero-order chi connectivity index (χ0) is 30.3. The van der Waals surface area contributed by atoms with Gasteiger partial charge in [-0.15, -0.1) is 10.2 Å². The van der Waals surface area contributed by atoms with E-state index in [1.54, 1.807) is 23.4 Å². The highest BCUT2D eigenvalue weighted by Crippen LogP contribution is 2.52. The first-order valence-electron chi connectivity index (χ1n) is 14.5. The second-order valence-electron chi connectivity index (χ2n) is 13.0. The molecule has 2 aromatic carbocycles. The number of rotatable bonds is 6. The van der Waals surface area contributed by atoms with Crippen LogP contribution in [0.15, 0.2) is 55.4 Å². The van der Waals surface area contributed by atoms with Crippen molar-refractivity contribution in [1.29, 1.82) is 0 Å². The van der Waals surface area contributed by atoms with Crippen molar-refractivity contribution in [3.05, 3.63) is 89.0 Å². The highest BCUT2D eigenvalue weighted by molar-refractivity contribution is 6.10. The van der Waals surface area contributed by atoms with Gasteiger partial charge in [-0.05, 0) is 65.8 Å². The van der Waals surface area contributed by atoms with Gasteiger partial charge in [-0.1, -0.05) is 25.6 Å². The molecule has 0 radical (unpaired) electrons. The Morgan fingerprint density at radius 1 is 1.14 bits per heavy atom. The molecular weight excluding hydrogens is 557 g/mol. The van der Waals surface area contributed by atoms with E-state index in [1.807, 2.05) is 29.8 Å². The number of hydrogen-bond donors (Lipinski definition) is 0. The monoisotopic (exact) mass is 590 g/mol. The molecule has 0 atom stereocenters. The first-order chi connectivity index (χ1) is 20.4. The van der Waals surface area contributed by atoms with Crippen LogP contribution < -0.4 is 4.90 Å². The molecule has 1 spiro atoms. The Hall–Kier alpha value is -3.99. The van der Waals surface area contributed by atoms with Crippen LogP contribution >= 0.6 is 0 Å². The Kier molecular flexibility index (Phi) is 6.15. The van der Waals surface area contributed by atoms with Gasteiger partial charge in [-0.2, -0.15) is 13.2 Å². The van der Waals surface area contributed by atoms with Crippen molar-refractivity contribution in [2.75, 3.05) is 31.1 Å². The van der Waals surface area contributed by atoms with E-state index < -0.39 is 17.6 Å². The van der Waals surface area contributed by atoms with E-state index in [2.05, 4.69) is 28.6 Å². The molecule has 2 amide bonds. The number of hydrogen-bond acceptors (Lipinski definition) is 5. The zero-order valence-electron chi connectivity index (χ0n) is 24.2. The Labute approximate surface area is 247 Å². The summed E-state index contributed by atoms with van der Waals surface area (Å²) in [5, 5.41) is 8.47. The lowest BCUT2D eigenvalue weighted by Gasteiger charge is -2.60. The maximum absolute atomic E-state index is 14.4. The van der Waals surface area contributed by atoms with Crippen LogP contribution in [-0.4, -0.2) is 62.6 Å². The molecule has 8 nitrogen and oxygen atoms in total. The van der Waals surface area contributed by atoms with Gasteiger partial charge in [0.15, 0.2) is 0 Å². The quantitative estimate of drug-likeness (QED) is 0.395. The molecule has 4 aliphatic rings. The Morgan fingerprint density at radius 3 is 2.51 bits per heavy atom. The Balaban J connectivity index is 1.14. The summed E-state index contributed by atoms with van der Waals surface area (Å²) in [6.07, 6.45) is 0.127. The zero-order valence-corrected chi connectivity index (χ0v) is 24.2. The van der Waals surface area contributed by atoms with Gasteiger partial charge in [0.05, 0.1) is 17.5 Å². The van der Waals surface area contributed by atoms with E-state index in [1.165, 1.54) is 17.0 Å². The van der Waals surface area contributed by atoms with Crippen LogP contribution in [0, 0.1) is 11.3 Å². The average Bonchev–Trinajstić information content (AvgIpc) is 3.49. The number of aromatic nitrogens is 3. The largest absolute Gasteiger partial charge is 0.416 e. The molecule has 3 aromatic rings. The molecule has 0 N–H and O–H groups in total. The maximum Gasteiger partial charge on any atom is 0.416 e. The summed E-state index contributed by atoms with van der Waals surface area (Å²) in [6.45, 7) is 8.55. The second kappa shape index (κ2) is 9.51. The van der Waals surface area contributed by atoms with Crippen LogP contribution in [0.2, 0.25) is 0 Å². The van der Waals surface area contributed by atoms with Gasteiger partial charge in [0.2, 0.25) is 5.91 Å². The first kappa shape index (κ1) is 27.8. The number of fused-ring (bicyclic) bond motifs is 1. The van der Waals surface area contributed by atoms with Crippen molar-refractivity contribution in [1.82, 2.24) is 24.6 Å². The standard InChI is InChI=1S/C32H33F3N6O2/c1-4-27(42)40-17-30(18-40)15-39(16-30)13-21-8-24-25(26(9-21)32(33,34)35)14-41(28(24)43)23-7-5-6-22(10-23)31(11-20(2)12-31)29-37-36-19-38(29)3/h4-10,19-20H,1,11-18H2,2-3H3. The van der Waals surface area contributed by atoms with E-state index in [0.717, 1.165) is 24.2 Å². The molecule has 3 fully saturated rings. The number of carbonyl (C=O) groups is 2. The van der Waals surface area contributed by atoms with Crippen molar-refractivity contribution >= 4 is 17.5 Å². The second-order valence-corrected chi connectivity index (χ2v) is 13.0. The molecule has 0 unspecified atom stereocenters. The molecule has 2 saturated heterocycles. The van der Waals surface area contributed by atoms with Crippen LogP contribution in [0.25, 0.3) is 0 Å². The first-order valence-corrected chi connectivity index (χ1v) is 14.5. The molecule has 3 aliphatic heterocycles. The molecule has 1 aliphatic carbocycles. The Bertz CT molecular complexity index is 1640. The number of halogens is 3. The summed E-state index contributed by atoms with van der Waals surface area (Å²) >= 11 is 0. The number of benzene rings is 2. The smallest absolute Gasteiger partial charge is 0.338 e. The van der Waals surface area contributed by atoms with Crippen LogP contribution in [-0.2, 0) is 36.5 Å². The number of carbonyl (C=O) groups excluding carboxylic acids is 2. The lowest BCUT2D eigenvalue weighted by atomic mass is 9.58. The van der Waals surface area contributed by atoms with Crippen molar-refractivity contribution in [2.45, 2.75) is 44.4 Å². The van der Waals surface area contributed by atoms with Gasteiger partial charge >= 0.3 is 6.18 Å². The van der Waals surface area contributed by atoms with Gasteiger partial charge in [0.25, 0.3) is 5.91 Å². The van der Waals surface area contributed by atoms with Gasteiger partial charge in [0.1, 0.15) is 12.2 Å². The minimum absolute atomic E-state index is 0.000475. The minimum atomic E-state index is -4.59. The van der Waals surface area contributed by atoms with E-state index in [9.17, 15) is 22.8 Å². The summed E-state index contributed by atoms with van der Waals surface area (Å²) in [6, 6.07) is 10.4. The molecular formula is C32H33F3N6O2. The third-order valence-electron chi connectivity index (χ3n) is 9.71. The molecule has 4 heterocycles. The lowest BCUT2D eigenvalue weighted by Crippen LogP contribution is -2.72. The third kappa shape index (κ3) is 4.39. The number of alkyl halides is 3. The fraction of sp³-hybridized carbons (Fsp3) is 0.438. The van der Waals surface area contributed by atoms with Crippen molar-refractivity contribution < 1.29 is 22.8 Å². The normalized spacial score (nSPS) is 24.4. The fourth-order valence-electron chi connectivity index (χ4n) is 7.91. The SMILES string of the molecule is C=CC(=O)N1CC2(CN(Cc3cc4c(c(C(F)(F)F)c3)CN(c3cccc(C5(c6nncn6C)CC(C)C5)c3)C4=O)C2)C1. The van der Waals surface area contributed by atoms with Crippen LogP contribution in [0.4, 0.5) is 18.9 Å². The van der Waals surface area contributed by atoms with Gasteiger partial charge < -0.3 is 14.4 Å².